The number of anilines is 1. The minimum absolute atomic E-state index is 0.724. The summed E-state index contributed by atoms with van der Waals surface area (Å²) < 4.78 is 1.16. The van der Waals surface area contributed by atoms with E-state index in [0.717, 1.165) is 28.7 Å². The number of rotatable bonds is 3. The number of hydrogen-bond acceptors (Lipinski definition) is 2. The van der Waals surface area contributed by atoms with Gasteiger partial charge in [0.15, 0.2) is 0 Å². The monoisotopic (exact) mass is 310 g/mol. The van der Waals surface area contributed by atoms with Crippen molar-refractivity contribution in [3.05, 3.63) is 28.2 Å². The smallest absolute Gasteiger partial charge is 0.0318 e. The number of nitrogens with two attached hydrogens (primary N) is 1. The Morgan fingerprint density at radius 3 is 2.89 bits per heavy atom. The molecule has 0 aromatic heterocycles. The molecule has 0 radical (unpaired) electrons. The van der Waals surface area contributed by atoms with Crippen LogP contribution in [-0.2, 0) is 6.54 Å². The second kappa shape index (κ2) is 6.07. The maximum absolute atomic E-state index is 5.86. The summed E-state index contributed by atoms with van der Waals surface area (Å²) in [5, 5.41) is 0. The molecule has 1 aromatic rings. The molecule has 1 fully saturated rings. The van der Waals surface area contributed by atoms with Crippen molar-refractivity contribution in [1.82, 2.24) is 4.90 Å². The molecule has 2 N–H and O–H groups in total. The van der Waals surface area contributed by atoms with Crippen LogP contribution in [0.15, 0.2) is 22.7 Å². The Labute approximate surface area is 119 Å². The maximum Gasteiger partial charge on any atom is 0.0318 e. The van der Waals surface area contributed by atoms with E-state index in [9.17, 15) is 0 Å². The third kappa shape index (κ3) is 3.48. The topological polar surface area (TPSA) is 29.3 Å². The largest absolute Gasteiger partial charge is 0.399 e. The molecule has 2 atom stereocenters. The Bertz CT molecular complexity index is 405. The lowest BCUT2D eigenvalue weighted by Crippen LogP contribution is -2.35. The lowest BCUT2D eigenvalue weighted by Gasteiger charge is -2.34. The summed E-state index contributed by atoms with van der Waals surface area (Å²) in [6, 6.07) is 6.78. The third-order valence-electron chi connectivity index (χ3n) is 4.02. The Hall–Kier alpha value is -0.540. The van der Waals surface area contributed by atoms with Crippen molar-refractivity contribution in [2.75, 3.05) is 12.8 Å². The van der Waals surface area contributed by atoms with Crippen LogP contribution >= 0.6 is 15.9 Å². The van der Waals surface area contributed by atoms with Crippen molar-refractivity contribution in [2.45, 2.75) is 45.2 Å². The van der Waals surface area contributed by atoms with Crippen LogP contribution in [0.25, 0.3) is 0 Å². The van der Waals surface area contributed by atoms with Gasteiger partial charge in [-0.2, -0.15) is 0 Å². The normalized spacial score (nSPS) is 24.4. The summed E-state index contributed by atoms with van der Waals surface area (Å²) in [5.41, 5.74) is 8.00. The number of halogens is 1. The van der Waals surface area contributed by atoms with Crippen molar-refractivity contribution in [3.8, 4) is 0 Å². The minimum Gasteiger partial charge on any atom is -0.399 e. The van der Waals surface area contributed by atoms with E-state index in [1.807, 2.05) is 12.1 Å². The van der Waals surface area contributed by atoms with E-state index in [1.54, 1.807) is 0 Å². The summed E-state index contributed by atoms with van der Waals surface area (Å²) in [5.74, 6) is 0.871. The first kappa shape index (κ1) is 13.9. The van der Waals surface area contributed by atoms with Gasteiger partial charge < -0.3 is 5.73 Å². The highest BCUT2D eigenvalue weighted by Gasteiger charge is 2.22. The molecule has 3 heteroatoms. The zero-order chi connectivity index (χ0) is 13.1. The second-order valence-electron chi connectivity index (χ2n) is 5.69. The second-order valence-corrected chi connectivity index (χ2v) is 6.55. The molecule has 1 saturated carbocycles. The SMILES string of the molecule is CC1CCCC(N(C)Cc2cc(N)ccc2Br)C1. The highest BCUT2D eigenvalue weighted by atomic mass is 79.9. The zero-order valence-electron chi connectivity index (χ0n) is 11.3. The Morgan fingerprint density at radius 2 is 2.17 bits per heavy atom. The van der Waals surface area contributed by atoms with Gasteiger partial charge in [0.1, 0.15) is 0 Å². The Kier molecular flexibility index (Phi) is 4.68. The van der Waals surface area contributed by atoms with Crippen molar-refractivity contribution in [3.63, 3.8) is 0 Å². The first-order valence-electron chi connectivity index (χ1n) is 6.80. The van der Waals surface area contributed by atoms with E-state index in [4.69, 9.17) is 5.73 Å². The van der Waals surface area contributed by atoms with Gasteiger partial charge in [0.2, 0.25) is 0 Å². The van der Waals surface area contributed by atoms with Crippen LogP contribution in [0.4, 0.5) is 5.69 Å². The Morgan fingerprint density at radius 1 is 1.39 bits per heavy atom. The molecular weight excluding hydrogens is 288 g/mol. The van der Waals surface area contributed by atoms with Crippen LogP contribution < -0.4 is 5.73 Å². The summed E-state index contributed by atoms with van der Waals surface area (Å²) in [6.07, 6.45) is 5.43. The molecule has 2 nitrogen and oxygen atoms in total. The molecule has 18 heavy (non-hydrogen) atoms. The van der Waals surface area contributed by atoms with E-state index in [1.165, 1.54) is 31.2 Å². The van der Waals surface area contributed by atoms with Gasteiger partial charge in [-0.05, 0) is 49.6 Å². The minimum atomic E-state index is 0.724. The predicted molar refractivity (Wildman–Crippen MR) is 81.4 cm³/mol. The maximum atomic E-state index is 5.86. The molecule has 2 unspecified atom stereocenters. The molecule has 0 spiro atoms. The first-order valence-corrected chi connectivity index (χ1v) is 7.59. The molecule has 0 heterocycles. The molecule has 0 amide bonds. The molecule has 100 valence electrons. The summed E-state index contributed by atoms with van der Waals surface area (Å²) in [4.78, 5) is 2.48. The van der Waals surface area contributed by atoms with Crippen LogP contribution in [0.5, 0.6) is 0 Å². The average Bonchev–Trinajstić information content (AvgIpc) is 2.34. The fourth-order valence-corrected chi connectivity index (χ4v) is 3.29. The highest BCUT2D eigenvalue weighted by molar-refractivity contribution is 9.10. The predicted octanol–water partition coefficient (Wildman–Crippen LogP) is 4.04. The number of nitrogens with zero attached hydrogens (tertiary/aromatic N) is 1. The molecule has 2 rings (SSSR count). The summed E-state index contributed by atoms with van der Waals surface area (Å²) in [7, 11) is 2.23. The number of benzene rings is 1. The van der Waals surface area contributed by atoms with E-state index in [2.05, 4.69) is 40.9 Å². The van der Waals surface area contributed by atoms with Crippen molar-refractivity contribution < 1.29 is 0 Å². The molecule has 0 saturated heterocycles. The molecule has 1 aliphatic rings. The van der Waals surface area contributed by atoms with Gasteiger partial charge in [-0.25, -0.2) is 0 Å². The van der Waals surface area contributed by atoms with Crippen LogP contribution in [0, 0.1) is 5.92 Å². The summed E-state index contributed by atoms with van der Waals surface area (Å²) in [6.45, 7) is 3.35. The van der Waals surface area contributed by atoms with Gasteiger partial charge in [0.25, 0.3) is 0 Å². The number of hydrogen-bond donors (Lipinski definition) is 1. The van der Waals surface area contributed by atoms with E-state index in [-0.39, 0.29) is 0 Å². The Balaban J connectivity index is 2.01. The molecule has 1 aromatic carbocycles. The van der Waals surface area contributed by atoms with Gasteiger partial charge in [-0.3, -0.25) is 4.90 Å². The first-order chi connectivity index (χ1) is 8.56. The van der Waals surface area contributed by atoms with Gasteiger partial charge in [-0.15, -0.1) is 0 Å². The van der Waals surface area contributed by atoms with E-state index in [0.29, 0.717) is 0 Å². The van der Waals surface area contributed by atoms with Crippen molar-refractivity contribution >= 4 is 21.6 Å². The standard InChI is InChI=1S/C15H23BrN2/c1-11-4-3-5-14(8-11)18(2)10-12-9-13(17)6-7-15(12)16/h6-7,9,11,14H,3-5,8,10,17H2,1-2H3. The van der Waals surface area contributed by atoms with Gasteiger partial charge >= 0.3 is 0 Å². The summed E-state index contributed by atoms with van der Waals surface area (Å²) >= 11 is 3.61. The van der Waals surface area contributed by atoms with Gasteiger partial charge in [0, 0.05) is 22.7 Å². The highest BCUT2D eigenvalue weighted by Crippen LogP contribution is 2.29. The van der Waals surface area contributed by atoms with Crippen molar-refractivity contribution in [2.24, 2.45) is 5.92 Å². The quantitative estimate of drug-likeness (QED) is 0.854. The van der Waals surface area contributed by atoms with E-state index < -0.39 is 0 Å². The van der Waals surface area contributed by atoms with Gasteiger partial charge in [-0.1, -0.05) is 35.7 Å². The fraction of sp³-hybridized carbons (Fsp3) is 0.600. The number of nitrogen functional groups attached to an aromatic ring is 1. The molecular formula is C15H23BrN2. The fourth-order valence-electron chi connectivity index (χ4n) is 2.92. The molecule has 0 aliphatic heterocycles. The average molecular weight is 311 g/mol. The zero-order valence-corrected chi connectivity index (χ0v) is 12.9. The lowest BCUT2D eigenvalue weighted by atomic mass is 9.86. The van der Waals surface area contributed by atoms with Crippen LogP contribution in [-0.4, -0.2) is 18.0 Å². The van der Waals surface area contributed by atoms with Crippen LogP contribution in [0.3, 0.4) is 0 Å². The molecule has 0 bridgehead atoms. The molecule has 1 aliphatic carbocycles. The third-order valence-corrected chi connectivity index (χ3v) is 4.80. The van der Waals surface area contributed by atoms with Crippen molar-refractivity contribution in [1.29, 1.82) is 0 Å². The van der Waals surface area contributed by atoms with Crippen LogP contribution in [0.2, 0.25) is 0 Å². The van der Waals surface area contributed by atoms with Gasteiger partial charge in [0.05, 0.1) is 0 Å². The van der Waals surface area contributed by atoms with E-state index >= 15 is 0 Å². The lowest BCUT2D eigenvalue weighted by molar-refractivity contribution is 0.157. The van der Waals surface area contributed by atoms with Crippen LogP contribution in [0.1, 0.15) is 38.2 Å².